The van der Waals surface area contributed by atoms with Crippen molar-refractivity contribution in [3.8, 4) is 11.5 Å². The summed E-state index contributed by atoms with van der Waals surface area (Å²) in [5, 5.41) is 3.01. The Morgan fingerprint density at radius 2 is 1.93 bits per heavy atom. The van der Waals surface area contributed by atoms with Crippen LogP contribution in [0.1, 0.15) is 70.9 Å². The summed E-state index contributed by atoms with van der Waals surface area (Å²) in [6, 6.07) is 5.50. The summed E-state index contributed by atoms with van der Waals surface area (Å²) >= 11 is 0. The third kappa shape index (κ3) is 3.84. The number of ether oxygens (including phenoxy) is 2. The maximum absolute atomic E-state index is 12.8. The highest BCUT2D eigenvalue weighted by Gasteiger charge is 2.23. The van der Waals surface area contributed by atoms with Crippen molar-refractivity contribution in [2.24, 2.45) is 0 Å². The lowest BCUT2D eigenvalue weighted by atomic mass is 10.0. The van der Waals surface area contributed by atoms with Gasteiger partial charge in [-0.1, -0.05) is 13.0 Å². The largest absolute Gasteiger partial charge is 0.490 e. The number of benzene rings is 1. The molecule has 2 heterocycles. The highest BCUT2D eigenvalue weighted by molar-refractivity contribution is 6.02. The average Bonchev–Trinajstić information content (AvgIpc) is 2.82. The van der Waals surface area contributed by atoms with Crippen LogP contribution in [0.2, 0.25) is 0 Å². The van der Waals surface area contributed by atoms with Crippen molar-refractivity contribution in [3.05, 3.63) is 46.3 Å². The number of nitrogens with one attached hydrogen (secondary N) is 2. The van der Waals surface area contributed by atoms with Crippen LogP contribution in [0.15, 0.2) is 18.2 Å². The van der Waals surface area contributed by atoms with Crippen LogP contribution in [0.25, 0.3) is 0 Å². The molecule has 0 aliphatic carbocycles. The number of aromatic amines is 1. The molecule has 1 aliphatic rings. The molecule has 1 amide bonds. The molecule has 1 atom stereocenters. The molecule has 3 rings (SSSR count). The molecule has 6 nitrogen and oxygen atoms in total. The minimum Gasteiger partial charge on any atom is -0.490 e. The minimum atomic E-state index is -0.220. The Hall–Kier alpha value is -2.76. The highest BCUT2D eigenvalue weighted by Crippen LogP contribution is 2.32. The van der Waals surface area contributed by atoms with Gasteiger partial charge in [0.05, 0.1) is 19.3 Å². The lowest BCUT2D eigenvalue weighted by Crippen LogP contribution is -2.28. The van der Waals surface area contributed by atoms with E-state index in [0.29, 0.717) is 36.6 Å². The van der Waals surface area contributed by atoms with Crippen LogP contribution in [0.4, 0.5) is 0 Å². The van der Waals surface area contributed by atoms with Crippen LogP contribution in [0.3, 0.4) is 0 Å². The molecule has 0 spiro atoms. The fourth-order valence-electron chi connectivity index (χ4n) is 3.50. The Kier molecular flexibility index (Phi) is 5.54. The molecule has 0 saturated heterocycles. The van der Waals surface area contributed by atoms with Gasteiger partial charge in [-0.05, 0) is 50.5 Å². The normalized spacial score (nSPS) is 14.4. The molecule has 27 heavy (non-hydrogen) atoms. The Balaban J connectivity index is 1.81. The van der Waals surface area contributed by atoms with Gasteiger partial charge >= 0.3 is 0 Å². The highest BCUT2D eigenvalue weighted by atomic mass is 16.5. The number of aromatic nitrogens is 1. The van der Waals surface area contributed by atoms with Gasteiger partial charge in [0, 0.05) is 17.7 Å². The fraction of sp³-hybridized carbons (Fsp3) is 0.429. The molecule has 144 valence electrons. The molecular formula is C21H26N2O4. The zero-order chi connectivity index (χ0) is 19.6. The Morgan fingerprint density at radius 1 is 1.22 bits per heavy atom. The van der Waals surface area contributed by atoms with Gasteiger partial charge in [0.2, 0.25) is 0 Å². The Bertz CT molecular complexity index is 869. The number of carbonyl (C=O) groups is 2. The van der Waals surface area contributed by atoms with E-state index in [2.05, 4.69) is 10.3 Å². The predicted octanol–water partition coefficient (Wildman–Crippen LogP) is 3.74. The molecule has 2 aromatic rings. The second kappa shape index (κ2) is 7.86. The maximum Gasteiger partial charge on any atom is 0.268 e. The number of Topliss-reactive ketones (excluding diaryl/α,β-unsaturated/α-hetero) is 1. The van der Waals surface area contributed by atoms with E-state index in [1.807, 2.05) is 39.0 Å². The van der Waals surface area contributed by atoms with E-state index < -0.39 is 0 Å². The summed E-state index contributed by atoms with van der Waals surface area (Å²) in [5.74, 6) is 1.18. The van der Waals surface area contributed by atoms with E-state index in [1.54, 1.807) is 0 Å². The number of hydrogen-bond donors (Lipinski definition) is 2. The predicted molar refractivity (Wildman–Crippen MR) is 103 cm³/mol. The molecule has 6 heteroatoms. The molecule has 1 unspecified atom stereocenters. The van der Waals surface area contributed by atoms with E-state index in [4.69, 9.17) is 9.47 Å². The summed E-state index contributed by atoms with van der Waals surface area (Å²) < 4.78 is 11.4. The second-order valence-electron chi connectivity index (χ2n) is 6.84. The number of fused-ring (bicyclic) bond motifs is 1. The molecule has 0 radical (unpaired) electrons. The second-order valence-corrected chi connectivity index (χ2v) is 6.84. The number of H-pyrrole nitrogens is 1. The standard InChI is InChI=1S/C21H26N2O4/c1-5-16-19(14(4)24)13(3)22-20(16)21(25)23-12(2)15-7-8-17-18(11-15)27-10-6-9-26-17/h7-8,11-12,22H,5-6,9-10H2,1-4H3,(H,23,25). The van der Waals surface area contributed by atoms with Gasteiger partial charge in [-0.25, -0.2) is 0 Å². The van der Waals surface area contributed by atoms with Crippen LogP contribution in [-0.2, 0) is 6.42 Å². The van der Waals surface area contributed by atoms with Crippen LogP contribution >= 0.6 is 0 Å². The first-order valence-corrected chi connectivity index (χ1v) is 9.35. The van der Waals surface area contributed by atoms with Crippen molar-refractivity contribution in [1.82, 2.24) is 10.3 Å². The summed E-state index contributed by atoms with van der Waals surface area (Å²) in [4.78, 5) is 27.8. The molecule has 0 bridgehead atoms. The first-order chi connectivity index (χ1) is 12.9. The van der Waals surface area contributed by atoms with Crippen LogP contribution in [0, 0.1) is 6.92 Å². The number of ketones is 1. The summed E-state index contributed by atoms with van der Waals surface area (Å²) in [5.41, 5.74) is 3.50. The quantitative estimate of drug-likeness (QED) is 0.786. The SMILES string of the molecule is CCc1c(C(=O)NC(C)c2ccc3c(c2)OCCCO3)[nH]c(C)c1C(C)=O. The van der Waals surface area contributed by atoms with E-state index in [1.165, 1.54) is 6.92 Å². The molecule has 0 saturated carbocycles. The number of aryl methyl sites for hydroxylation is 1. The average molecular weight is 370 g/mol. The first-order valence-electron chi connectivity index (χ1n) is 9.35. The molecular weight excluding hydrogens is 344 g/mol. The van der Waals surface area contributed by atoms with E-state index in [9.17, 15) is 9.59 Å². The van der Waals surface area contributed by atoms with Crippen molar-refractivity contribution in [3.63, 3.8) is 0 Å². The first kappa shape index (κ1) is 19.0. The van der Waals surface area contributed by atoms with Crippen LogP contribution in [0.5, 0.6) is 11.5 Å². The van der Waals surface area contributed by atoms with Crippen molar-refractivity contribution < 1.29 is 19.1 Å². The van der Waals surface area contributed by atoms with Gasteiger partial charge in [0.25, 0.3) is 5.91 Å². The number of amides is 1. The van der Waals surface area contributed by atoms with Gasteiger partial charge in [0.15, 0.2) is 17.3 Å². The number of carbonyl (C=O) groups excluding carboxylic acids is 2. The third-order valence-corrected chi connectivity index (χ3v) is 4.84. The Labute approximate surface area is 159 Å². The van der Waals surface area contributed by atoms with Gasteiger partial charge < -0.3 is 19.8 Å². The molecule has 1 aromatic carbocycles. The lowest BCUT2D eigenvalue weighted by Gasteiger charge is -2.16. The molecule has 1 aliphatic heterocycles. The van der Waals surface area contributed by atoms with Crippen molar-refractivity contribution >= 4 is 11.7 Å². The molecule has 0 fully saturated rings. The van der Waals surface area contributed by atoms with Crippen molar-refractivity contribution in [2.45, 2.75) is 46.6 Å². The van der Waals surface area contributed by atoms with E-state index >= 15 is 0 Å². The minimum absolute atomic E-state index is 0.0319. The monoisotopic (exact) mass is 370 g/mol. The number of hydrogen-bond acceptors (Lipinski definition) is 4. The fourth-order valence-corrected chi connectivity index (χ4v) is 3.50. The van der Waals surface area contributed by atoms with E-state index in [-0.39, 0.29) is 17.7 Å². The molecule has 2 N–H and O–H groups in total. The van der Waals surface area contributed by atoms with Gasteiger partial charge in [-0.15, -0.1) is 0 Å². The zero-order valence-electron chi connectivity index (χ0n) is 16.3. The summed E-state index contributed by atoms with van der Waals surface area (Å²) in [6.45, 7) is 8.47. The lowest BCUT2D eigenvalue weighted by molar-refractivity contribution is 0.0934. The van der Waals surface area contributed by atoms with Crippen LogP contribution < -0.4 is 14.8 Å². The van der Waals surface area contributed by atoms with Gasteiger partial charge in [-0.2, -0.15) is 0 Å². The zero-order valence-corrected chi connectivity index (χ0v) is 16.3. The number of rotatable bonds is 5. The maximum atomic E-state index is 12.8. The topological polar surface area (TPSA) is 80.4 Å². The summed E-state index contributed by atoms with van der Waals surface area (Å²) in [6.07, 6.45) is 1.46. The third-order valence-electron chi connectivity index (χ3n) is 4.84. The van der Waals surface area contributed by atoms with Gasteiger partial charge in [0.1, 0.15) is 5.69 Å². The summed E-state index contributed by atoms with van der Waals surface area (Å²) in [7, 11) is 0. The van der Waals surface area contributed by atoms with E-state index in [0.717, 1.165) is 29.0 Å². The van der Waals surface area contributed by atoms with Crippen LogP contribution in [-0.4, -0.2) is 29.9 Å². The van der Waals surface area contributed by atoms with Gasteiger partial charge in [-0.3, -0.25) is 9.59 Å². The smallest absolute Gasteiger partial charge is 0.268 e. The Morgan fingerprint density at radius 3 is 2.59 bits per heavy atom. The molecule has 1 aromatic heterocycles. The van der Waals surface area contributed by atoms with Crippen molar-refractivity contribution in [2.75, 3.05) is 13.2 Å². The van der Waals surface area contributed by atoms with Crippen molar-refractivity contribution in [1.29, 1.82) is 0 Å².